The zero-order valence-corrected chi connectivity index (χ0v) is 22.8. The molecule has 36 heavy (non-hydrogen) atoms. The van der Waals surface area contributed by atoms with E-state index in [1.54, 1.807) is 0 Å². The van der Waals surface area contributed by atoms with Gasteiger partial charge in [-0.15, -0.1) is 0 Å². The zero-order chi connectivity index (χ0) is 27.1. The van der Waals surface area contributed by atoms with Crippen molar-refractivity contribution in [2.24, 2.45) is 5.41 Å². The van der Waals surface area contributed by atoms with Gasteiger partial charge < -0.3 is 38.6 Å². The van der Waals surface area contributed by atoms with Crippen LogP contribution in [0, 0.1) is 5.41 Å². The highest BCUT2D eigenvalue weighted by molar-refractivity contribution is 5.74. The Morgan fingerprint density at radius 1 is 0.667 bits per heavy atom. The third kappa shape index (κ3) is 17.2. The number of unbranched alkanes of at least 4 members (excludes halogenated alkanes) is 2. The number of rotatable bonds is 27. The Labute approximate surface area is 216 Å². The van der Waals surface area contributed by atoms with E-state index >= 15 is 0 Å². The molecule has 2 atom stereocenters. The molecule has 0 fully saturated rings. The van der Waals surface area contributed by atoms with Crippen molar-refractivity contribution in [1.82, 2.24) is 0 Å². The number of aliphatic carboxylic acids is 2. The lowest BCUT2D eigenvalue weighted by molar-refractivity contribution is -0.176. The summed E-state index contributed by atoms with van der Waals surface area (Å²) in [6, 6.07) is 0. The quantitative estimate of drug-likeness (QED) is 0.118. The van der Waals surface area contributed by atoms with E-state index in [2.05, 4.69) is 13.8 Å². The van der Waals surface area contributed by atoms with Crippen molar-refractivity contribution in [3.8, 4) is 0 Å². The fraction of sp³-hybridized carbons (Fsp3) is 0.923. The van der Waals surface area contributed by atoms with Crippen molar-refractivity contribution in [3.05, 3.63) is 0 Å². The Bertz CT molecular complexity index is 515. The number of carbonyl (C=O) groups is 2. The van der Waals surface area contributed by atoms with Gasteiger partial charge in [0.15, 0.2) is 12.6 Å². The van der Waals surface area contributed by atoms with Gasteiger partial charge in [0.1, 0.15) is 0 Å². The lowest BCUT2D eigenvalue weighted by Crippen LogP contribution is -2.35. The van der Waals surface area contributed by atoms with Crippen molar-refractivity contribution >= 4 is 11.9 Å². The highest BCUT2D eigenvalue weighted by atomic mass is 16.7. The van der Waals surface area contributed by atoms with E-state index in [4.69, 9.17) is 33.5 Å². The predicted molar refractivity (Wildman–Crippen MR) is 135 cm³/mol. The van der Waals surface area contributed by atoms with Gasteiger partial charge in [-0.05, 0) is 52.4 Å². The molecule has 2 N–H and O–H groups in total. The molecule has 0 saturated heterocycles. The third-order valence-electron chi connectivity index (χ3n) is 5.77. The third-order valence-corrected chi connectivity index (χ3v) is 5.77. The fourth-order valence-electron chi connectivity index (χ4n) is 3.55. The molecule has 0 spiro atoms. The van der Waals surface area contributed by atoms with Crippen LogP contribution in [0.15, 0.2) is 0 Å². The summed E-state index contributed by atoms with van der Waals surface area (Å²) in [5, 5.41) is 19.1. The second kappa shape index (κ2) is 22.9. The van der Waals surface area contributed by atoms with Crippen molar-refractivity contribution in [1.29, 1.82) is 0 Å². The first-order valence-electron chi connectivity index (χ1n) is 13.4. The van der Waals surface area contributed by atoms with Crippen molar-refractivity contribution < 1.29 is 48.2 Å². The van der Waals surface area contributed by atoms with Crippen LogP contribution in [0.3, 0.4) is 0 Å². The van der Waals surface area contributed by atoms with Crippen LogP contribution in [0.25, 0.3) is 0 Å². The first kappa shape index (κ1) is 34.7. The maximum Gasteiger partial charge on any atom is 0.309 e. The minimum absolute atomic E-state index is 0.0912. The Morgan fingerprint density at radius 2 is 1.14 bits per heavy atom. The number of hydrogen-bond donors (Lipinski definition) is 2. The average molecular weight is 523 g/mol. The van der Waals surface area contributed by atoms with E-state index in [1.165, 1.54) is 0 Å². The van der Waals surface area contributed by atoms with E-state index in [-0.39, 0.29) is 58.5 Å². The van der Waals surface area contributed by atoms with E-state index in [0.29, 0.717) is 26.4 Å². The van der Waals surface area contributed by atoms with Crippen LogP contribution < -0.4 is 0 Å². The highest BCUT2D eigenvalue weighted by Gasteiger charge is 2.37. The van der Waals surface area contributed by atoms with Gasteiger partial charge in [0.2, 0.25) is 0 Å². The predicted octanol–water partition coefficient (Wildman–Crippen LogP) is 4.48. The maximum atomic E-state index is 12.3. The number of ether oxygens (including phenoxy) is 6. The normalized spacial score (nSPS) is 14.9. The second-order valence-electron chi connectivity index (χ2n) is 8.70. The van der Waals surface area contributed by atoms with Crippen molar-refractivity contribution in [3.63, 3.8) is 0 Å². The SMILES string of the molecule is CCCCOC(COCCC(CCCC(=O)O)(CCOCC(OCC)OCCCC)C(=O)O)OCC. The average Bonchev–Trinajstić information content (AvgIpc) is 2.83. The smallest absolute Gasteiger partial charge is 0.309 e. The summed E-state index contributed by atoms with van der Waals surface area (Å²) in [7, 11) is 0. The van der Waals surface area contributed by atoms with Gasteiger partial charge in [-0.25, -0.2) is 0 Å². The topological polar surface area (TPSA) is 130 Å². The largest absolute Gasteiger partial charge is 0.481 e. The summed E-state index contributed by atoms with van der Waals surface area (Å²) in [6.07, 6.45) is 3.68. The molecule has 0 heterocycles. The lowest BCUT2D eigenvalue weighted by atomic mass is 9.77. The molecule has 0 rings (SSSR count). The van der Waals surface area contributed by atoms with Gasteiger partial charge in [-0.3, -0.25) is 9.59 Å². The Morgan fingerprint density at radius 3 is 1.50 bits per heavy atom. The van der Waals surface area contributed by atoms with Crippen LogP contribution >= 0.6 is 0 Å². The van der Waals surface area contributed by atoms with Gasteiger partial charge in [-0.1, -0.05) is 26.7 Å². The van der Waals surface area contributed by atoms with Crippen LogP contribution in [0.2, 0.25) is 0 Å². The summed E-state index contributed by atoms with van der Waals surface area (Å²) in [5.41, 5.74) is -1.16. The molecule has 0 aromatic carbocycles. The molecule has 0 aromatic heterocycles. The number of carboxylic acid groups (broad SMARTS) is 2. The highest BCUT2D eigenvalue weighted by Crippen LogP contribution is 2.34. The summed E-state index contributed by atoms with van der Waals surface area (Å²) < 4.78 is 33.9. The molecule has 0 aromatic rings. The first-order valence-corrected chi connectivity index (χ1v) is 13.4. The molecule has 2 unspecified atom stereocenters. The molecular formula is C26H50O10. The minimum atomic E-state index is -1.16. The van der Waals surface area contributed by atoms with E-state index in [1.807, 2.05) is 13.8 Å². The van der Waals surface area contributed by atoms with Crippen LogP contribution in [0.5, 0.6) is 0 Å². The Kier molecular flexibility index (Phi) is 22.0. The van der Waals surface area contributed by atoms with Crippen LogP contribution in [0.4, 0.5) is 0 Å². The van der Waals surface area contributed by atoms with Gasteiger partial charge in [0, 0.05) is 46.1 Å². The van der Waals surface area contributed by atoms with Crippen LogP contribution in [0.1, 0.15) is 85.5 Å². The Balaban J connectivity index is 4.93. The fourth-order valence-corrected chi connectivity index (χ4v) is 3.55. The Hall–Kier alpha value is -1.30. The summed E-state index contributed by atoms with van der Waals surface area (Å²) in [5.74, 6) is -1.93. The molecule has 0 aliphatic heterocycles. The molecule has 0 bridgehead atoms. The molecule has 10 heteroatoms. The molecule has 0 aliphatic rings. The van der Waals surface area contributed by atoms with E-state index in [9.17, 15) is 14.7 Å². The van der Waals surface area contributed by atoms with E-state index in [0.717, 1.165) is 25.7 Å². The molecular weight excluding hydrogens is 472 g/mol. The number of hydrogen-bond acceptors (Lipinski definition) is 8. The van der Waals surface area contributed by atoms with Crippen LogP contribution in [-0.2, 0) is 38.0 Å². The van der Waals surface area contributed by atoms with Gasteiger partial charge in [-0.2, -0.15) is 0 Å². The van der Waals surface area contributed by atoms with Crippen molar-refractivity contribution in [2.75, 3.05) is 52.9 Å². The molecule has 10 nitrogen and oxygen atoms in total. The lowest BCUT2D eigenvalue weighted by Gasteiger charge is -2.30. The first-order chi connectivity index (χ1) is 17.3. The van der Waals surface area contributed by atoms with E-state index < -0.39 is 29.9 Å². The van der Waals surface area contributed by atoms with Gasteiger partial charge in [0.25, 0.3) is 0 Å². The second-order valence-corrected chi connectivity index (χ2v) is 8.70. The standard InChI is InChI=1S/C26H50O10/c1-5-9-16-35-23(33-7-3)20-31-18-14-26(25(29)30,13-11-12-22(27)28)15-19-32-21-24(34-8-4)36-17-10-6-2/h23-24H,5-21H2,1-4H3,(H,27,28)(H,29,30). The van der Waals surface area contributed by atoms with Gasteiger partial charge >= 0.3 is 11.9 Å². The summed E-state index contributed by atoms with van der Waals surface area (Å²) >= 11 is 0. The van der Waals surface area contributed by atoms with Gasteiger partial charge in [0.05, 0.1) is 18.6 Å². The summed E-state index contributed by atoms with van der Waals surface area (Å²) in [4.78, 5) is 23.4. The van der Waals surface area contributed by atoms with Crippen LogP contribution in [-0.4, -0.2) is 87.6 Å². The number of carboxylic acids is 2. The summed E-state index contributed by atoms with van der Waals surface area (Å²) in [6.45, 7) is 10.8. The monoisotopic (exact) mass is 522 g/mol. The molecule has 0 saturated carbocycles. The molecule has 0 aliphatic carbocycles. The molecule has 0 amide bonds. The minimum Gasteiger partial charge on any atom is -0.481 e. The zero-order valence-electron chi connectivity index (χ0n) is 22.8. The molecule has 214 valence electrons. The molecule has 0 radical (unpaired) electrons. The maximum absolute atomic E-state index is 12.3. The van der Waals surface area contributed by atoms with Crippen molar-refractivity contribution in [2.45, 2.75) is 98.1 Å².